The van der Waals surface area contributed by atoms with E-state index >= 15 is 0 Å². The smallest absolute Gasteiger partial charge is 0.443 e. The Morgan fingerprint density at radius 3 is 2.16 bits per heavy atom. The Morgan fingerprint density at radius 2 is 1.66 bits per heavy atom. The van der Waals surface area contributed by atoms with Crippen molar-refractivity contribution in [1.82, 2.24) is 16.0 Å². The first-order valence-corrected chi connectivity index (χ1v) is 11.5. The number of hydrogen-bond donors (Lipinski definition) is 9. The van der Waals surface area contributed by atoms with E-state index in [1.165, 1.54) is 0 Å². The van der Waals surface area contributed by atoms with Gasteiger partial charge in [0.25, 0.3) is 11.7 Å². The van der Waals surface area contributed by atoms with Crippen LogP contribution in [0.3, 0.4) is 0 Å². The minimum atomic E-state index is -5.44. The third kappa shape index (κ3) is 7.84. The number of halogens is 3. The van der Waals surface area contributed by atoms with Crippen LogP contribution in [0.5, 0.6) is 0 Å². The van der Waals surface area contributed by atoms with Crippen LogP contribution in [0.25, 0.3) is 0 Å². The van der Waals surface area contributed by atoms with Crippen LogP contribution in [0.15, 0.2) is 24.3 Å². The number of nitrogens with one attached hydrogen (secondary N) is 3. The third-order valence-electron chi connectivity index (χ3n) is 6.18. The van der Waals surface area contributed by atoms with Crippen molar-refractivity contribution in [1.29, 1.82) is 0 Å². The van der Waals surface area contributed by atoms with Gasteiger partial charge in [-0.25, -0.2) is 4.79 Å². The number of benzene rings is 1. The van der Waals surface area contributed by atoms with Gasteiger partial charge in [-0.05, 0) is 37.0 Å². The summed E-state index contributed by atoms with van der Waals surface area (Å²) in [7, 11) is 0. The van der Waals surface area contributed by atoms with E-state index in [-0.39, 0.29) is 24.0 Å². The van der Waals surface area contributed by atoms with Crippen molar-refractivity contribution in [2.75, 3.05) is 0 Å². The zero-order valence-electron chi connectivity index (χ0n) is 19.9. The lowest BCUT2D eigenvalue weighted by Gasteiger charge is -2.35. The highest BCUT2D eigenvalue weighted by molar-refractivity contribution is 5.96. The molecule has 0 saturated carbocycles. The molecule has 1 saturated heterocycles. The van der Waals surface area contributed by atoms with E-state index in [1.807, 2.05) is 0 Å². The number of rotatable bonds is 12. The molecule has 1 heterocycles. The third-order valence-corrected chi connectivity index (χ3v) is 6.18. The van der Waals surface area contributed by atoms with Gasteiger partial charge in [-0.2, -0.15) is 13.2 Å². The van der Waals surface area contributed by atoms with Crippen molar-refractivity contribution in [3.63, 3.8) is 0 Å². The quantitative estimate of drug-likeness (QED) is 0.145. The second-order valence-electron chi connectivity index (χ2n) is 8.91. The number of carbonyl (C=O) groups excluding carboxylic acids is 2. The van der Waals surface area contributed by atoms with E-state index < -0.39 is 85.3 Å². The average Bonchev–Trinajstić information content (AvgIpc) is 2.79. The number of carbonyl (C=O) groups is 4. The van der Waals surface area contributed by atoms with Gasteiger partial charge < -0.3 is 36.8 Å². The summed E-state index contributed by atoms with van der Waals surface area (Å²) in [5.74, 6) is -11.1. The molecule has 1 aromatic carbocycles. The van der Waals surface area contributed by atoms with Crippen molar-refractivity contribution in [2.24, 2.45) is 17.4 Å². The van der Waals surface area contributed by atoms with Gasteiger partial charge >= 0.3 is 18.1 Å². The fourth-order valence-corrected chi connectivity index (χ4v) is 4.07. The maximum absolute atomic E-state index is 13.5. The van der Waals surface area contributed by atoms with Gasteiger partial charge in [-0.3, -0.25) is 25.4 Å². The average molecular weight is 550 g/mol. The maximum Gasteiger partial charge on any atom is 0.443 e. The highest BCUT2D eigenvalue weighted by atomic mass is 19.4. The lowest BCUT2D eigenvalue weighted by atomic mass is 9.83. The van der Waals surface area contributed by atoms with Crippen LogP contribution in [0.4, 0.5) is 13.2 Å². The van der Waals surface area contributed by atoms with E-state index in [4.69, 9.17) is 16.6 Å². The number of aliphatic carboxylic acids is 2. The summed E-state index contributed by atoms with van der Waals surface area (Å²) in [5.41, 5.74) is 11.0. The first kappa shape index (κ1) is 30.9. The second-order valence-corrected chi connectivity index (χ2v) is 8.91. The van der Waals surface area contributed by atoms with Crippen molar-refractivity contribution in [2.45, 2.75) is 68.5 Å². The van der Waals surface area contributed by atoms with Crippen LogP contribution >= 0.6 is 0 Å². The normalized spacial score (nSPS) is 21.8. The largest absolute Gasteiger partial charge is 0.481 e. The molecule has 5 atom stereocenters. The number of alkyl halides is 3. The van der Waals surface area contributed by atoms with Crippen molar-refractivity contribution in [3.8, 4) is 0 Å². The van der Waals surface area contributed by atoms with Gasteiger partial charge in [0.05, 0.1) is 12.1 Å². The molecule has 0 aromatic heterocycles. The Balaban J connectivity index is 2.18. The molecule has 1 fully saturated rings. The molecule has 0 spiro atoms. The molecular formula is C22H30F3N5O8. The molecular weight excluding hydrogens is 519 g/mol. The van der Waals surface area contributed by atoms with Gasteiger partial charge in [-0.1, -0.05) is 18.6 Å². The fraction of sp³-hybridized carbons (Fsp3) is 0.545. The molecule has 11 N–H and O–H groups in total. The van der Waals surface area contributed by atoms with Gasteiger partial charge in [0.2, 0.25) is 5.91 Å². The number of aliphatic hydroxyl groups is 2. The molecule has 2 rings (SSSR count). The van der Waals surface area contributed by atoms with Crippen LogP contribution in [-0.4, -0.2) is 74.6 Å². The first-order chi connectivity index (χ1) is 17.5. The molecule has 0 bridgehead atoms. The molecule has 212 valence electrons. The molecule has 1 aromatic rings. The fourth-order valence-electron chi connectivity index (χ4n) is 4.07. The summed E-state index contributed by atoms with van der Waals surface area (Å²) < 4.78 is 40.5. The summed E-state index contributed by atoms with van der Waals surface area (Å²) in [6, 6.07) is 2.72. The Kier molecular flexibility index (Phi) is 10.2. The van der Waals surface area contributed by atoms with Crippen LogP contribution in [-0.2, 0) is 14.4 Å². The summed E-state index contributed by atoms with van der Waals surface area (Å²) in [6.07, 6.45) is -8.62. The standard InChI is InChI=1S/C22H30F3N5O8/c23-22(24,25)21(37,38)13(3-1-2-12-16(26)29-20(27)30-18(12)34)10-4-6-11(7-5-10)17(33)28-14(19(35)36)8-9-15(31)32/h4-7,12-14,16,20,29,37-38H,1-3,8-9,26-27H2,(H,28,33)(H,30,34)(H,31,32)(H,35,36)/t12?,13-,14+,16+,20-/m1/s1. The zero-order valence-corrected chi connectivity index (χ0v) is 19.9. The van der Waals surface area contributed by atoms with Crippen LogP contribution in [0, 0.1) is 5.92 Å². The minimum absolute atomic E-state index is 0.00453. The van der Waals surface area contributed by atoms with Crippen LogP contribution < -0.4 is 27.4 Å². The topological polar surface area (TPSA) is 237 Å². The Morgan fingerprint density at radius 1 is 1.05 bits per heavy atom. The highest BCUT2D eigenvalue weighted by Crippen LogP contribution is 2.42. The summed E-state index contributed by atoms with van der Waals surface area (Å²) in [5, 5.41) is 45.1. The van der Waals surface area contributed by atoms with E-state index in [1.54, 1.807) is 0 Å². The first-order valence-electron chi connectivity index (χ1n) is 11.5. The van der Waals surface area contributed by atoms with Crippen molar-refractivity contribution >= 4 is 23.8 Å². The monoisotopic (exact) mass is 549 g/mol. The molecule has 16 heteroatoms. The molecule has 2 amide bonds. The zero-order chi connectivity index (χ0) is 28.8. The van der Waals surface area contributed by atoms with E-state index in [2.05, 4.69) is 16.0 Å². The van der Waals surface area contributed by atoms with Crippen LogP contribution in [0.2, 0.25) is 0 Å². The summed E-state index contributed by atoms with van der Waals surface area (Å²) >= 11 is 0. The maximum atomic E-state index is 13.5. The predicted octanol–water partition coefficient (Wildman–Crippen LogP) is -0.906. The van der Waals surface area contributed by atoms with E-state index in [0.29, 0.717) is 0 Å². The number of carboxylic acid groups (broad SMARTS) is 2. The molecule has 0 radical (unpaired) electrons. The van der Waals surface area contributed by atoms with Gasteiger partial charge in [0.15, 0.2) is 0 Å². The molecule has 1 aliphatic rings. The molecule has 13 nitrogen and oxygen atoms in total. The van der Waals surface area contributed by atoms with Gasteiger partial charge in [-0.15, -0.1) is 0 Å². The molecule has 0 aliphatic carbocycles. The Bertz CT molecular complexity index is 1020. The summed E-state index contributed by atoms with van der Waals surface area (Å²) in [6.45, 7) is 0. The Labute approximate surface area is 214 Å². The predicted molar refractivity (Wildman–Crippen MR) is 123 cm³/mol. The second kappa shape index (κ2) is 12.5. The number of carboxylic acids is 2. The molecule has 38 heavy (non-hydrogen) atoms. The van der Waals surface area contributed by atoms with Gasteiger partial charge in [0, 0.05) is 17.9 Å². The minimum Gasteiger partial charge on any atom is -0.481 e. The lowest BCUT2D eigenvalue weighted by Crippen LogP contribution is -2.67. The van der Waals surface area contributed by atoms with Gasteiger partial charge in [0.1, 0.15) is 12.3 Å². The highest BCUT2D eigenvalue weighted by Gasteiger charge is 2.58. The Hall–Kier alpha value is -3.31. The number of hydrogen-bond acceptors (Lipinski definition) is 9. The SMILES string of the molecule is N[C@H]1NC(=O)C(CCC[C@H](c2ccc(C(=O)N[C@@H](CCC(=O)O)C(=O)O)cc2)C(O)(O)C(F)(F)F)[C@@H](N)N1. The van der Waals surface area contributed by atoms with Crippen molar-refractivity contribution < 1.29 is 52.8 Å². The van der Waals surface area contributed by atoms with E-state index in [9.17, 15) is 47.7 Å². The molecule has 1 aliphatic heterocycles. The van der Waals surface area contributed by atoms with Crippen LogP contribution in [0.1, 0.15) is 53.9 Å². The van der Waals surface area contributed by atoms with E-state index in [0.717, 1.165) is 24.3 Å². The number of amides is 2. The summed E-state index contributed by atoms with van der Waals surface area (Å²) in [4.78, 5) is 46.5. The molecule has 1 unspecified atom stereocenters. The van der Waals surface area contributed by atoms with Crippen molar-refractivity contribution in [3.05, 3.63) is 35.4 Å². The number of nitrogens with two attached hydrogens (primary N) is 2. The lowest BCUT2D eigenvalue weighted by molar-refractivity contribution is -0.359.